The van der Waals surface area contributed by atoms with Crippen LogP contribution in [0.15, 0.2) is 74.9 Å². The summed E-state index contributed by atoms with van der Waals surface area (Å²) in [5.41, 5.74) is 0.820. The van der Waals surface area contributed by atoms with Crippen LogP contribution < -0.4 is 13.7 Å². The van der Waals surface area contributed by atoms with Gasteiger partial charge in [0.15, 0.2) is 11.5 Å². The molecule has 2 amide bonds. The lowest BCUT2D eigenvalue weighted by molar-refractivity contribution is -0.123. The molecule has 1 fully saturated rings. The van der Waals surface area contributed by atoms with E-state index in [2.05, 4.69) is 15.9 Å². The van der Waals surface area contributed by atoms with Gasteiger partial charge in [-0.25, -0.2) is 0 Å². The van der Waals surface area contributed by atoms with Gasteiger partial charge in [-0.15, -0.1) is 0 Å². The molecule has 0 radical (unpaired) electrons. The molecule has 8 nitrogen and oxygen atoms in total. The van der Waals surface area contributed by atoms with E-state index in [1.807, 2.05) is 0 Å². The first-order valence-corrected chi connectivity index (χ1v) is 13.7. The highest BCUT2D eigenvalue weighted by molar-refractivity contribution is 9.10. The quantitative estimate of drug-likeness (QED) is 0.254. The normalized spacial score (nSPS) is 16.2. The minimum Gasteiger partial charge on any atom is -0.454 e. The fraction of sp³-hybridized carbons (Fsp3) is 0.0833. The van der Waals surface area contributed by atoms with Gasteiger partial charge < -0.3 is 13.7 Å². The van der Waals surface area contributed by atoms with Crippen molar-refractivity contribution in [3.05, 3.63) is 86.2 Å². The number of benzene rings is 3. The number of halogens is 2. The van der Waals surface area contributed by atoms with Crippen molar-refractivity contribution in [1.29, 1.82) is 0 Å². The molecule has 0 saturated carbocycles. The van der Waals surface area contributed by atoms with Crippen molar-refractivity contribution >= 4 is 66.6 Å². The smallest absolute Gasteiger partial charge is 0.339 e. The summed E-state index contributed by atoms with van der Waals surface area (Å²) in [4.78, 5) is 27.0. The van der Waals surface area contributed by atoms with Crippen molar-refractivity contribution in [2.45, 2.75) is 11.4 Å². The molecule has 0 atom stereocenters. The zero-order valence-electron chi connectivity index (χ0n) is 18.1. The molecule has 12 heteroatoms. The molecule has 0 unspecified atom stereocenters. The average Bonchev–Trinajstić information content (AvgIpc) is 3.40. The number of nitrogens with zero attached hydrogens (tertiary/aromatic N) is 1. The van der Waals surface area contributed by atoms with Crippen LogP contribution in [0.25, 0.3) is 6.08 Å². The number of fused-ring (bicyclic) bond motifs is 1. The summed E-state index contributed by atoms with van der Waals surface area (Å²) in [7, 11) is -4.12. The van der Waals surface area contributed by atoms with Crippen LogP contribution in [0, 0.1) is 0 Å². The molecular weight excluding hydrogens is 594 g/mol. The Bertz CT molecular complexity index is 1530. The predicted octanol–water partition coefficient (Wildman–Crippen LogP) is 5.84. The summed E-state index contributed by atoms with van der Waals surface area (Å²) in [5, 5.41) is -0.162. The second-order valence-corrected chi connectivity index (χ2v) is 11.5. The minimum atomic E-state index is -4.12. The standard InChI is InChI=1S/C24H15BrClNO7S2/c25-16-6-7-19(34-36(30,31)17-4-2-1-3-5-17)14(8-16)10-22-23(28)27(24(29)35-22)12-15-9-20-21(11-18(15)26)33-13-32-20/h1-11H,12-13H2/b22-10-. The Labute approximate surface area is 224 Å². The Kier molecular flexibility index (Phi) is 6.73. The lowest BCUT2D eigenvalue weighted by Gasteiger charge is -2.14. The molecule has 2 aliphatic heterocycles. The first kappa shape index (κ1) is 24.7. The van der Waals surface area contributed by atoms with Crippen molar-refractivity contribution in [2.75, 3.05) is 6.79 Å². The van der Waals surface area contributed by atoms with E-state index in [1.165, 1.54) is 24.3 Å². The Balaban J connectivity index is 1.42. The van der Waals surface area contributed by atoms with Gasteiger partial charge in [0, 0.05) is 21.1 Å². The van der Waals surface area contributed by atoms with Crippen LogP contribution in [0.3, 0.4) is 0 Å². The minimum absolute atomic E-state index is 0.00710. The monoisotopic (exact) mass is 607 g/mol. The van der Waals surface area contributed by atoms with Gasteiger partial charge >= 0.3 is 10.1 Å². The Hall–Kier alpha value is -2.99. The first-order valence-electron chi connectivity index (χ1n) is 10.3. The molecule has 3 aromatic carbocycles. The highest BCUT2D eigenvalue weighted by Gasteiger charge is 2.36. The molecule has 2 aliphatic rings. The number of ether oxygens (including phenoxy) is 2. The van der Waals surface area contributed by atoms with E-state index in [4.69, 9.17) is 25.3 Å². The highest BCUT2D eigenvalue weighted by Crippen LogP contribution is 2.40. The molecule has 0 spiro atoms. The van der Waals surface area contributed by atoms with Gasteiger partial charge in [-0.1, -0.05) is 45.7 Å². The number of imide groups is 1. The number of amides is 2. The van der Waals surface area contributed by atoms with E-state index in [-0.39, 0.29) is 28.9 Å². The molecule has 0 aliphatic carbocycles. The Morgan fingerprint density at radius 1 is 1.06 bits per heavy atom. The topological polar surface area (TPSA) is 99.2 Å². The van der Waals surface area contributed by atoms with Gasteiger partial charge in [0.25, 0.3) is 11.1 Å². The van der Waals surface area contributed by atoms with E-state index in [0.717, 1.165) is 16.7 Å². The lowest BCUT2D eigenvalue weighted by atomic mass is 10.1. The molecule has 184 valence electrons. The number of rotatable bonds is 6. The van der Waals surface area contributed by atoms with Crippen LogP contribution in [0.1, 0.15) is 11.1 Å². The maximum absolute atomic E-state index is 13.1. The number of hydrogen-bond acceptors (Lipinski definition) is 8. The van der Waals surface area contributed by atoms with Gasteiger partial charge in [0.2, 0.25) is 6.79 Å². The third kappa shape index (κ3) is 4.96. The molecule has 2 heterocycles. The summed E-state index contributed by atoms with van der Waals surface area (Å²) in [6.07, 6.45) is 1.42. The molecule has 36 heavy (non-hydrogen) atoms. The average molecular weight is 609 g/mol. The van der Waals surface area contributed by atoms with Crippen molar-refractivity contribution in [1.82, 2.24) is 4.90 Å². The van der Waals surface area contributed by atoms with Crippen molar-refractivity contribution in [3.63, 3.8) is 0 Å². The largest absolute Gasteiger partial charge is 0.454 e. The van der Waals surface area contributed by atoms with Gasteiger partial charge in [-0.3, -0.25) is 14.5 Å². The van der Waals surface area contributed by atoms with E-state index in [0.29, 0.717) is 32.1 Å². The number of hydrogen-bond donors (Lipinski definition) is 0. The zero-order valence-corrected chi connectivity index (χ0v) is 22.1. The van der Waals surface area contributed by atoms with Crippen molar-refractivity contribution in [3.8, 4) is 17.2 Å². The zero-order chi connectivity index (χ0) is 25.4. The first-order chi connectivity index (χ1) is 17.2. The molecule has 5 rings (SSSR count). The fourth-order valence-corrected chi connectivity index (χ4v) is 5.89. The second kappa shape index (κ2) is 9.81. The molecule has 0 aromatic heterocycles. The summed E-state index contributed by atoms with van der Waals surface area (Å²) in [5.74, 6) is 0.432. The second-order valence-electron chi connectivity index (χ2n) is 7.60. The van der Waals surface area contributed by atoms with Crippen LogP contribution >= 0.6 is 39.3 Å². The molecular formula is C24H15BrClNO7S2. The van der Waals surface area contributed by atoms with Gasteiger partial charge in [-0.05, 0) is 59.8 Å². The van der Waals surface area contributed by atoms with Crippen molar-refractivity contribution < 1.29 is 31.7 Å². The van der Waals surface area contributed by atoms with Crippen LogP contribution in [-0.4, -0.2) is 31.3 Å². The van der Waals surface area contributed by atoms with Gasteiger partial charge in [0.1, 0.15) is 10.6 Å². The number of thioether (sulfide) groups is 1. The lowest BCUT2D eigenvalue weighted by Crippen LogP contribution is -2.27. The number of carbonyl (C=O) groups excluding carboxylic acids is 2. The Morgan fingerprint density at radius 3 is 2.53 bits per heavy atom. The summed E-state index contributed by atoms with van der Waals surface area (Å²) < 4.78 is 42.1. The van der Waals surface area contributed by atoms with Crippen LogP contribution in [-0.2, 0) is 21.5 Å². The third-order valence-corrected chi connectivity index (χ3v) is 8.23. The molecule has 0 bridgehead atoms. The summed E-state index contributed by atoms with van der Waals surface area (Å²) in [6, 6.07) is 15.6. The molecule has 3 aromatic rings. The molecule has 0 N–H and O–H groups in total. The molecule has 1 saturated heterocycles. The highest BCUT2D eigenvalue weighted by atomic mass is 79.9. The van der Waals surface area contributed by atoms with Crippen LogP contribution in [0.4, 0.5) is 4.79 Å². The maximum Gasteiger partial charge on any atom is 0.339 e. The van der Waals surface area contributed by atoms with Gasteiger partial charge in [0.05, 0.1) is 11.4 Å². The van der Waals surface area contributed by atoms with E-state index < -0.39 is 21.3 Å². The number of carbonyl (C=O) groups is 2. The SMILES string of the molecule is O=C1S/C(=C\c2cc(Br)ccc2OS(=O)(=O)c2ccccc2)C(=O)N1Cc1cc2c(cc1Cl)OCO2. The maximum atomic E-state index is 13.1. The Morgan fingerprint density at radius 2 is 1.78 bits per heavy atom. The fourth-order valence-electron chi connectivity index (χ4n) is 3.49. The third-order valence-electron chi connectivity index (χ3n) is 5.23. The van der Waals surface area contributed by atoms with E-state index >= 15 is 0 Å². The van der Waals surface area contributed by atoms with Crippen LogP contribution in [0.5, 0.6) is 17.2 Å². The predicted molar refractivity (Wildman–Crippen MR) is 137 cm³/mol. The summed E-state index contributed by atoms with van der Waals surface area (Å²) in [6.45, 7) is -0.00182. The van der Waals surface area contributed by atoms with Crippen LogP contribution in [0.2, 0.25) is 5.02 Å². The van der Waals surface area contributed by atoms with Crippen molar-refractivity contribution in [2.24, 2.45) is 0 Å². The summed E-state index contributed by atoms with van der Waals surface area (Å²) >= 11 is 10.4. The van der Waals surface area contributed by atoms with E-state index in [9.17, 15) is 18.0 Å². The van der Waals surface area contributed by atoms with Gasteiger partial charge in [-0.2, -0.15) is 8.42 Å². The van der Waals surface area contributed by atoms with E-state index in [1.54, 1.807) is 42.5 Å².